The van der Waals surface area contributed by atoms with Crippen LogP contribution >= 0.6 is 0 Å². The van der Waals surface area contributed by atoms with Crippen molar-refractivity contribution in [3.05, 3.63) is 29.6 Å². The number of rotatable bonds is 2. The quantitative estimate of drug-likeness (QED) is 0.759. The summed E-state index contributed by atoms with van der Waals surface area (Å²) >= 11 is 0. The second kappa shape index (κ2) is 3.60. The minimum Gasteiger partial charge on any atom is -0.382 e. The number of hydrogen-bond donors (Lipinski definition) is 1. The van der Waals surface area contributed by atoms with Crippen LogP contribution in [0.25, 0.3) is 0 Å². The highest BCUT2D eigenvalue weighted by atomic mass is 19.1. The first-order valence-electron chi connectivity index (χ1n) is 5.20. The molecular formula is C12H16FN. The second-order valence-electron chi connectivity index (χ2n) is 4.22. The zero-order chi connectivity index (χ0) is 10.1. The minimum absolute atomic E-state index is 0.123. The SMILES string of the molecule is Cc1c(F)cccc1NC1CCC1C. The number of anilines is 1. The predicted octanol–water partition coefficient (Wildman–Crippen LogP) is 3.34. The minimum atomic E-state index is -0.123. The lowest BCUT2D eigenvalue weighted by Gasteiger charge is -2.35. The van der Waals surface area contributed by atoms with Gasteiger partial charge in [0.25, 0.3) is 0 Å². The van der Waals surface area contributed by atoms with E-state index in [1.165, 1.54) is 18.9 Å². The summed E-state index contributed by atoms with van der Waals surface area (Å²) in [5.41, 5.74) is 1.67. The number of halogens is 1. The van der Waals surface area contributed by atoms with E-state index in [9.17, 15) is 4.39 Å². The van der Waals surface area contributed by atoms with Gasteiger partial charge in [-0.25, -0.2) is 4.39 Å². The summed E-state index contributed by atoms with van der Waals surface area (Å²) in [7, 11) is 0. The number of benzene rings is 1. The van der Waals surface area contributed by atoms with Crippen molar-refractivity contribution in [2.24, 2.45) is 5.92 Å². The molecule has 1 fully saturated rings. The summed E-state index contributed by atoms with van der Waals surface area (Å²) in [6.45, 7) is 4.05. The molecule has 1 nitrogen and oxygen atoms in total. The smallest absolute Gasteiger partial charge is 0.128 e. The van der Waals surface area contributed by atoms with Crippen molar-refractivity contribution < 1.29 is 4.39 Å². The third kappa shape index (κ3) is 1.61. The van der Waals surface area contributed by atoms with Gasteiger partial charge in [0, 0.05) is 17.3 Å². The molecule has 1 aromatic carbocycles. The zero-order valence-electron chi connectivity index (χ0n) is 8.68. The highest BCUT2D eigenvalue weighted by molar-refractivity contribution is 5.52. The molecule has 0 aromatic heterocycles. The lowest BCUT2D eigenvalue weighted by atomic mass is 9.81. The third-order valence-corrected chi connectivity index (χ3v) is 3.23. The largest absolute Gasteiger partial charge is 0.382 e. The third-order valence-electron chi connectivity index (χ3n) is 3.23. The van der Waals surface area contributed by atoms with E-state index in [0.29, 0.717) is 6.04 Å². The van der Waals surface area contributed by atoms with Crippen LogP contribution in [0, 0.1) is 18.7 Å². The van der Waals surface area contributed by atoms with Gasteiger partial charge in [-0.2, -0.15) is 0 Å². The van der Waals surface area contributed by atoms with E-state index in [4.69, 9.17) is 0 Å². The molecule has 2 heteroatoms. The van der Waals surface area contributed by atoms with Crippen LogP contribution in [0.5, 0.6) is 0 Å². The first-order valence-corrected chi connectivity index (χ1v) is 5.20. The van der Waals surface area contributed by atoms with Gasteiger partial charge in [-0.1, -0.05) is 13.0 Å². The molecule has 0 aliphatic heterocycles. The molecule has 76 valence electrons. The van der Waals surface area contributed by atoms with Crippen LogP contribution in [-0.2, 0) is 0 Å². The number of hydrogen-bond acceptors (Lipinski definition) is 1. The second-order valence-corrected chi connectivity index (χ2v) is 4.22. The Morgan fingerprint density at radius 1 is 1.36 bits per heavy atom. The van der Waals surface area contributed by atoms with Crippen molar-refractivity contribution in [3.63, 3.8) is 0 Å². The molecular weight excluding hydrogens is 177 g/mol. The highest BCUT2D eigenvalue weighted by Gasteiger charge is 2.26. The Bertz CT molecular complexity index is 335. The van der Waals surface area contributed by atoms with Crippen molar-refractivity contribution in [1.82, 2.24) is 0 Å². The monoisotopic (exact) mass is 193 g/mol. The lowest BCUT2D eigenvalue weighted by Crippen LogP contribution is -2.36. The topological polar surface area (TPSA) is 12.0 Å². The molecule has 0 radical (unpaired) electrons. The van der Waals surface area contributed by atoms with E-state index in [1.54, 1.807) is 6.07 Å². The Labute approximate surface area is 84.3 Å². The van der Waals surface area contributed by atoms with E-state index in [0.717, 1.165) is 17.2 Å². The average Bonchev–Trinajstić information content (AvgIpc) is 2.18. The average molecular weight is 193 g/mol. The fourth-order valence-corrected chi connectivity index (χ4v) is 1.84. The van der Waals surface area contributed by atoms with Crippen molar-refractivity contribution in [2.45, 2.75) is 32.7 Å². The first kappa shape index (κ1) is 9.50. The molecule has 2 atom stereocenters. The summed E-state index contributed by atoms with van der Waals surface area (Å²) in [5, 5.41) is 3.40. The fourth-order valence-electron chi connectivity index (χ4n) is 1.84. The zero-order valence-corrected chi connectivity index (χ0v) is 8.68. The molecule has 14 heavy (non-hydrogen) atoms. The van der Waals surface area contributed by atoms with E-state index in [2.05, 4.69) is 12.2 Å². The van der Waals surface area contributed by atoms with Crippen LogP contribution in [0.4, 0.5) is 10.1 Å². The van der Waals surface area contributed by atoms with Gasteiger partial charge >= 0.3 is 0 Å². The normalized spacial score (nSPS) is 25.6. The summed E-state index contributed by atoms with van der Waals surface area (Å²) in [5.74, 6) is 0.597. The summed E-state index contributed by atoms with van der Waals surface area (Å²) in [6.07, 6.45) is 2.49. The molecule has 0 spiro atoms. The summed E-state index contributed by atoms with van der Waals surface area (Å²) < 4.78 is 13.2. The molecule has 1 aliphatic carbocycles. The summed E-state index contributed by atoms with van der Waals surface area (Å²) in [4.78, 5) is 0. The first-order chi connectivity index (χ1) is 6.68. The maximum atomic E-state index is 13.2. The van der Waals surface area contributed by atoms with Gasteiger partial charge in [-0.05, 0) is 37.8 Å². The van der Waals surface area contributed by atoms with Crippen LogP contribution in [0.2, 0.25) is 0 Å². The van der Waals surface area contributed by atoms with Crippen LogP contribution in [0.15, 0.2) is 18.2 Å². The van der Waals surface area contributed by atoms with Crippen molar-refractivity contribution in [1.29, 1.82) is 0 Å². The van der Waals surface area contributed by atoms with Crippen molar-refractivity contribution in [2.75, 3.05) is 5.32 Å². The van der Waals surface area contributed by atoms with E-state index in [1.807, 2.05) is 13.0 Å². The Morgan fingerprint density at radius 2 is 2.14 bits per heavy atom. The molecule has 0 bridgehead atoms. The summed E-state index contributed by atoms with van der Waals surface area (Å²) in [6, 6.07) is 5.75. The van der Waals surface area contributed by atoms with Crippen LogP contribution in [-0.4, -0.2) is 6.04 Å². The standard InChI is InChI=1S/C12H16FN/c1-8-6-7-11(8)14-12-5-3-4-10(13)9(12)2/h3-5,8,11,14H,6-7H2,1-2H3. The Hall–Kier alpha value is -1.05. The lowest BCUT2D eigenvalue weighted by molar-refractivity contribution is 0.303. The molecule has 0 saturated heterocycles. The molecule has 2 unspecified atom stereocenters. The highest BCUT2D eigenvalue weighted by Crippen LogP contribution is 2.31. The Kier molecular flexibility index (Phi) is 2.44. The van der Waals surface area contributed by atoms with Crippen LogP contribution in [0.1, 0.15) is 25.3 Å². The molecule has 0 amide bonds. The van der Waals surface area contributed by atoms with Crippen molar-refractivity contribution >= 4 is 5.69 Å². The van der Waals surface area contributed by atoms with Gasteiger partial charge in [0.2, 0.25) is 0 Å². The molecule has 0 heterocycles. The van der Waals surface area contributed by atoms with Gasteiger partial charge in [0.05, 0.1) is 0 Å². The van der Waals surface area contributed by atoms with Crippen molar-refractivity contribution in [3.8, 4) is 0 Å². The van der Waals surface area contributed by atoms with Gasteiger partial charge in [-0.3, -0.25) is 0 Å². The van der Waals surface area contributed by atoms with E-state index < -0.39 is 0 Å². The molecule has 2 rings (SSSR count). The number of nitrogens with one attached hydrogen (secondary N) is 1. The van der Waals surface area contributed by atoms with Gasteiger partial charge < -0.3 is 5.32 Å². The Morgan fingerprint density at radius 3 is 2.71 bits per heavy atom. The Balaban J connectivity index is 2.12. The molecule has 1 N–H and O–H groups in total. The van der Waals surface area contributed by atoms with E-state index in [-0.39, 0.29) is 5.82 Å². The van der Waals surface area contributed by atoms with Gasteiger partial charge in [0.15, 0.2) is 0 Å². The van der Waals surface area contributed by atoms with Crippen LogP contribution < -0.4 is 5.32 Å². The molecule has 1 aromatic rings. The predicted molar refractivity (Wildman–Crippen MR) is 56.9 cm³/mol. The van der Waals surface area contributed by atoms with Gasteiger partial charge in [0.1, 0.15) is 5.82 Å². The van der Waals surface area contributed by atoms with E-state index >= 15 is 0 Å². The maximum Gasteiger partial charge on any atom is 0.128 e. The van der Waals surface area contributed by atoms with Gasteiger partial charge in [-0.15, -0.1) is 0 Å². The van der Waals surface area contributed by atoms with Crippen LogP contribution in [0.3, 0.4) is 0 Å². The fraction of sp³-hybridized carbons (Fsp3) is 0.500. The molecule has 1 aliphatic rings. The maximum absolute atomic E-state index is 13.2. The molecule has 1 saturated carbocycles.